The number of hydrogen-bond acceptors (Lipinski definition) is 2. The maximum absolute atomic E-state index is 13.2. The Morgan fingerprint density at radius 2 is 1.46 bits per heavy atom. The Morgan fingerprint density at radius 1 is 0.846 bits per heavy atom. The molecule has 1 saturated heterocycles. The highest BCUT2D eigenvalue weighted by Crippen LogP contribution is 2.58. The van der Waals surface area contributed by atoms with E-state index in [1.807, 2.05) is 0 Å². The number of carbonyl (C=O) groups excluding carboxylic acids is 2. The second-order valence-corrected chi connectivity index (χ2v) is 8.53. The first-order chi connectivity index (χ1) is 12.6. The fraction of sp³-hybridized carbons (Fsp3) is 0.429. The van der Waals surface area contributed by atoms with Gasteiger partial charge in [-0.1, -0.05) is 52.9 Å². The molecule has 0 aromatic heterocycles. The molecule has 0 spiro atoms. The lowest BCUT2D eigenvalue weighted by atomic mass is 9.85. The van der Waals surface area contributed by atoms with Gasteiger partial charge in [0, 0.05) is 11.8 Å². The molecule has 4 atom stereocenters. The maximum Gasteiger partial charge on any atom is 0.238 e. The van der Waals surface area contributed by atoms with Crippen LogP contribution in [0, 0.1) is 23.7 Å². The molecule has 2 saturated carbocycles. The number of allylic oxidation sites excluding steroid dienone is 4. The van der Waals surface area contributed by atoms with Crippen molar-refractivity contribution in [1.29, 1.82) is 0 Å². The molecular weight excluding hydrogens is 369 g/mol. The van der Waals surface area contributed by atoms with Gasteiger partial charge in [0.1, 0.15) is 0 Å². The molecule has 26 heavy (non-hydrogen) atoms. The Kier molecular flexibility index (Phi) is 3.81. The second kappa shape index (κ2) is 5.97. The van der Waals surface area contributed by atoms with Gasteiger partial charge in [0.15, 0.2) is 0 Å². The Balaban J connectivity index is 1.53. The van der Waals surface area contributed by atoms with Crippen molar-refractivity contribution in [3.05, 3.63) is 51.5 Å². The molecule has 0 radical (unpaired) electrons. The van der Waals surface area contributed by atoms with Gasteiger partial charge >= 0.3 is 0 Å². The summed E-state index contributed by atoms with van der Waals surface area (Å²) < 4.78 is 0. The summed E-state index contributed by atoms with van der Waals surface area (Å²) in [6.45, 7) is 0. The van der Waals surface area contributed by atoms with Crippen LogP contribution in [-0.4, -0.2) is 11.8 Å². The lowest BCUT2D eigenvalue weighted by Crippen LogP contribution is -2.33. The van der Waals surface area contributed by atoms with Crippen LogP contribution in [-0.2, 0) is 9.59 Å². The van der Waals surface area contributed by atoms with Crippen LogP contribution in [0.15, 0.2) is 41.5 Å². The number of amides is 2. The third-order valence-electron chi connectivity index (χ3n) is 6.44. The molecule has 1 aromatic carbocycles. The molecule has 3 aliphatic carbocycles. The minimum atomic E-state index is -0.253. The molecule has 1 aliphatic heterocycles. The van der Waals surface area contributed by atoms with Crippen molar-refractivity contribution in [3.8, 4) is 0 Å². The highest BCUT2D eigenvalue weighted by molar-refractivity contribution is 6.42. The zero-order chi connectivity index (χ0) is 18.0. The molecule has 5 heteroatoms. The van der Waals surface area contributed by atoms with Crippen LogP contribution in [0.4, 0.5) is 5.69 Å². The summed E-state index contributed by atoms with van der Waals surface area (Å²) in [6.07, 6.45) is 10.3. The van der Waals surface area contributed by atoms with Crippen LogP contribution >= 0.6 is 23.2 Å². The highest BCUT2D eigenvalue weighted by Gasteiger charge is 2.62. The number of carbonyl (C=O) groups is 2. The average Bonchev–Trinajstić information content (AvgIpc) is 3.28. The number of imide groups is 1. The summed E-state index contributed by atoms with van der Waals surface area (Å²) in [4.78, 5) is 27.7. The predicted octanol–water partition coefficient (Wildman–Crippen LogP) is 5.18. The summed E-state index contributed by atoms with van der Waals surface area (Å²) in [5.41, 5.74) is 3.41. The van der Waals surface area contributed by atoms with Crippen molar-refractivity contribution in [3.63, 3.8) is 0 Å². The largest absolute Gasteiger partial charge is 0.274 e. The van der Waals surface area contributed by atoms with E-state index in [4.69, 9.17) is 23.2 Å². The van der Waals surface area contributed by atoms with Crippen molar-refractivity contribution in [2.24, 2.45) is 23.7 Å². The molecular formula is C21H19Cl2NO2. The van der Waals surface area contributed by atoms with E-state index >= 15 is 0 Å². The number of anilines is 1. The van der Waals surface area contributed by atoms with Gasteiger partial charge in [-0.25, -0.2) is 4.90 Å². The molecule has 1 aromatic rings. The topological polar surface area (TPSA) is 37.4 Å². The molecule has 134 valence electrons. The summed E-state index contributed by atoms with van der Waals surface area (Å²) in [5, 5.41) is 0.772. The van der Waals surface area contributed by atoms with E-state index in [0.29, 0.717) is 15.7 Å². The van der Waals surface area contributed by atoms with E-state index in [0.717, 1.165) is 12.8 Å². The number of fused-ring (bicyclic) bond motifs is 5. The minimum Gasteiger partial charge on any atom is -0.274 e. The van der Waals surface area contributed by atoms with Gasteiger partial charge in [0.05, 0.1) is 27.6 Å². The monoisotopic (exact) mass is 387 g/mol. The van der Waals surface area contributed by atoms with Gasteiger partial charge in [0.25, 0.3) is 0 Å². The minimum absolute atomic E-state index is 0.0934. The molecule has 2 bridgehead atoms. The number of nitrogens with zero attached hydrogens (tertiary/aromatic N) is 1. The van der Waals surface area contributed by atoms with E-state index in [1.54, 1.807) is 18.2 Å². The smallest absolute Gasteiger partial charge is 0.238 e. The zero-order valence-corrected chi connectivity index (χ0v) is 15.8. The SMILES string of the molecule is O=C1[C@@H]2[C@H](C(=O)N1c1ccc(Cl)c(Cl)c1)[C@@H]1C=C[C@H]2C1=C1CCCCC1. The molecule has 0 unspecified atom stereocenters. The van der Waals surface area contributed by atoms with Gasteiger partial charge in [-0.3, -0.25) is 9.59 Å². The summed E-state index contributed by atoms with van der Waals surface area (Å²) in [6, 6.07) is 4.94. The quantitative estimate of drug-likeness (QED) is 0.491. The van der Waals surface area contributed by atoms with E-state index in [2.05, 4.69) is 12.2 Å². The normalized spacial score (nSPS) is 32.8. The number of hydrogen-bond donors (Lipinski definition) is 0. The maximum atomic E-state index is 13.2. The first-order valence-electron chi connectivity index (χ1n) is 9.31. The van der Waals surface area contributed by atoms with Crippen LogP contribution in [0.1, 0.15) is 32.1 Å². The van der Waals surface area contributed by atoms with Gasteiger partial charge in [-0.05, 0) is 43.9 Å². The van der Waals surface area contributed by atoms with Gasteiger partial charge < -0.3 is 0 Å². The summed E-state index contributed by atoms with van der Waals surface area (Å²) >= 11 is 12.1. The van der Waals surface area contributed by atoms with Crippen LogP contribution < -0.4 is 4.90 Å². The van der Waals surface area contributed by atoms with Gasteiger partial charge in [0.2, 0.25) is 11.8 Å². The van der Waals surface area contributed by atoms with Crippen LogP contribution in [0.3, 0.4) is 0 Å². The lowest BCUT2D eigenvalue weighted by Gasteiger charge is -2.23. The Labute approximate surface area is 162 Å². The van der Waals surface area contributed by atoms with Crippen molar-refractivity contribution in [2.75, 3.05) is 4.90 Å². The predicted molar refractivity (Wildman–Crippen MR) is 102 cm³/mol. The first kappa shape index (κ1) is 16.6. The first-order valence-corrected chi connectivity index (χ1v) is 10.1. The van der Waals surface area contributed by atoms with Crippen LogP contribution in [0.2, 0.25) is 10.0 Å². The van der Waals surface area contributed by atoms with Crippen LogP contribution in [0.5, 0.6) is 0 Å². The fourth-order valence-corrected chi connectivity index (χ4v) is 5.67. The van der Waals surface area contributed by atoms with E-state index in [9.17, 15) is 9.59 Å². The van der Waals surface area contributed by atoms with E-state index in [1.165, 1.54) is 35.3 Å². The second-order valence-electron chi connectivity index (χ2n) is 7.72. The molecule has 2 amide bonds. The van der Waals surface area contributed by atoms with Crippen molar-refractivity contribution in [1.82, 2.24) is 0 Å². The Hall–Kier alpha value is -1.58. The molecule has 1 heterocycles. The summed E-state index contributed by atoms with van der Waals surface area (Å²) in [5.74, 6) is -0.495. The van der Waals surface area contributed by atoms with Crippen molar-refractivity contribution < 1.29 is 9.59 Å². The highest BCUT2D eigenvalue weighted by atomic mass is 35.5. The lowest BCUT2D eigenvalue weighted by molar-refractivity contribution is -0.122. The van der Waals surface area contributed by atoms with Gasteiger partial charge in [-0.15, -0.1) is 0 Å². The average molecular weight is 388 g/mol. The Bertz CT molecular complexity index is 846. The number of rotatable bonds is 1. The zero-order valence-electron chi connectivity index (χ0n) is 14.3. The standard InChI is InChI=1S/C21H19Cl2NO2/c22-15-9-6-12(10-16(15)23)24-20(25)18-13-7-8-14(19(18)21(24)26)17(13)11-4-2-1-3-5-11/h6-10,13-14,18-19H,1-5H2/t13-,14+,18-,19+. The van der Waals surface area contributed by atoms with Crippen LogP contribution in [0.25, 0.3) is 0 Å². The molecule has 0 N–H and O–H groups in total. The molecule has 3 nitrogen and oxygen atoms in total. The molecule has 3 fully saturated rings. The number of benzene rings is 1. The fourth-order valence-electron chi connectivity index (χ4n) is 5.38. The van der Waals surface area contributed by atoms with E-state index < -0.39 is 0 Å². The van der Waals surface area contributed by atoms with E-state index in [-0.39, 0.29) is 35.5 Å². The van der Waals surface area contributed by atoms with Gasteiger partial charge in [-0.2, -0.15) is 0 Å². The third-order valence-corrected chi connectivity index (χ3v) is 7.18. The Morgan fingerprint density at radius 3 is 2.04 bits per heavy atom. The van der Waals surface area contributed by atoms with Crippen molar-refractivity contribution >= 4 is 40.7 Å². The third kappa shape index (κ3) is 2.20. The molecule has 5 rings (SSSR count). The molecule has 4 aliphatic rings. The van der Waals surface area contributed by atoms with Crippen molar-refractivity contribution in [2.45, 2.75) is 32.1 Å². The summed E-state index contributed by atoms with van der Waals surface area (Å²) in [7, 11) is 0. The number of halogens is 2.